The molecular formula is C20H25NO4. The van der Waals surface area contributed by atoms with Gasteiger partial charge in [-0.05, 0) is 35.7 Å². The predicted molar refractivity (Wildman–Crippen MR) is 97.2 cm³/mol. The molecule has 0 saturated heterocycles. The van der Waals surface area contributed by atoms with Gasteiger partial charge in [-0.3, -0.25) is 4.79 Å². The van der Waals surface area contributed by atoms with Crippen LogP contribution in [0.3, 0.4) is 0 Å². The van der Waals surface area contributed by atoms with Crippen molar-refractivity contribution in [2.45, 2.75) is 19.9 Å². The van der Waals surface area contributed by atoms with E-state index in [1.54, 1.807) is 26.4 Å². The molecule has 5 heteroatoms. The second-order valence-corrected chi connectivity index (χ2v) is 6.00. The molecule has 2 rings (SSSR count). The van der Waals surface area contributed by atoms with E-state index in [0.29, 0.717) is 11.5 Å². The second kappa shape index (κ2) is 8.97. The zero-order chi connectivity index (χ0) is 18.2. The lowest BCUT2D eigenvalue weighted by molar-refractivity contribution is -0.124. The van der Waals surface area contributed by atoms with E-state index in [9.17, 15) is 4.79 Å². The van der Waals surface area contributed by atoms with Crippen LogP contribution in [-0.2, 0) is 4.79 Å². The molecule has 0 aliphatic rings. The van der Waals surface area contributed by atoms with Gasteiger partial charge in [0.15, 0.2) is 18.1 Å². The number of hydrogen-bond acceptors (Lipinski definition) is 4. The highest BCUT2D eigenvalue weighted by Crippen LogP contribution is 2.26. The number of carbonyl (C=O) groups excluding carboxylic acids is 1. The Morgan fingerprint density at radius 3 is 2.16 bits per heavy atom. The second-order valence-electron chi connectivity index (χ2n) is 6.00. The number of carbonyl (C=O) groups is 1. The van der Waals surface area contributed by atoms with Crippen LogP contribution in [0.5, 0.6) is 17.2 Å². The number of ether oxygens (including phenoxy) is 3. The summed E-state index contributed by atoms with van der Waals surface area (Å²) in [7, 11) is 3.20. The normalized spacial score (nSPS) is 11.7. The standard InChI is InChI=1S/C20H25NO4/c1-14(2)20(15-9-11-16(23-3)12-10-15)21-19(22)13-25-18-8-6-5-7-17(18)24-4/h5-12,14,20H,13H2,1-4H3,(H,21,22). The molecule has 25 heavy (non-hydrogen) atoms. The summed E-state index contributed by atoms with van der Waals surface area (Å²) in [6.45, 7) is 4.06. The van der Waals surface area contributed by atoms with Crippen molar-refractivity contribution in [3.63, 3.8) is 0 Å². The topological polar surface area (TPSA) is 56.8 Å². The summed E-state index contributed by atoms with van der Waals surface area (Å²) in [5.41, 5.74) is 1.03. The van der Waals surface area contributed by atoms with Gasteiger partial charge in [0.2, 0.25) is 0 Å². The van der Waals surface area contributed by atoms with E-state index in [1.165, 1.54) is 0 Å². The molecule has 2 aromatic carbocycles. The van der Waals surface area contributed by atoms with Gasteiger partial charge in [0, 0.05) is 0 Å². The molecule has 0 saturated carbocycles. The Labute approximate surface area is 148 Å². The molecule has 5 nitrogen and oxygen atoms in total. The predicted octanol–water partition coefficient (Wildman–Crippen LogP) is 3.60. The highest BCUT2D eigenvalue weighted by molar-refractivity contribution is 5.78. The molecule has 2 aromatic rings. The van der Waals surface area contributed by atoms with Crippen molar-refractivity contribution < 1.29 is 19.0 Å². The molecule has 1 amide bonds. The van der Waals surface area contributed by atoms with Gasteiger partial charge in [-0.1, -0.05) is 38.1 Å². The molecule has 0 radical (unpaired) electrons. The lowest BCUT2D eigenvalue weighted by Crippen LogP contribution is -2.35. The lowest BCUT2D eigenvalue weighted by Gasteiger charge is -2.23. The lowest BCUT2D eigenvalue weighted by atomic mass is 9.96. The van der Waals surface area contributed by atoms with Crippen LogP contribution in [-0.4, -0.2) is 26.7 Å². The number of para-hydroxylation sites is 2. The first-order chi connectivity index (χ1) is 12.0. The highest BCUT2D eigenvalue weighted by atomic mass is 16.5. The molecule has 0 fully saturated rings. The average molecular weight is 343 g/mol. The third-order valence-corrected chi connectivity index (χ3v) is 3.89. The molecule has 0 spiro atoms. The summed E-state index contributed by atoms with van der Waals surface area (Å²) in [5.74, 6) is 2.00. The fourth-order valence-electron chi connectivity index (χ4n) is 2.54. The summed E-state index contributed by atoms with van der Waals surface area (Å²) >= 11 is 0. The van der Waals surface area contributed by atoms with Crippen molar-refractivity contribution in [2.24, 2.45) is 5.92 Å². The van der Waals surface area contributed by atoms with E-state index in [2.05, 4.69) is 19.2 Å². The molecule has 0 aromatic heterocycles. The maximum absolute atomic E-state index is 12.3. The molecule has 1 N–H and O–H groups in total. The molecule has 1 atom stereocenters. The van der Waals surface area contributed by atoms with E-state index in [1.807, 2.05) is 36.4 Å². The molecule has 1 unspecified atom stereocenters. The molecule has 0 aliphatic heterocycles. The maximum atomic E-state index is 12.3. The zero-order valence-corrected chi connectivity index (χ0v) is 15.1. The summed E-state index contributed by atoms with van der Waals surface area (Å²) in [4.78, 5) is 12.3. The van der Waals surface area contributed by atoms with Crippen LogP contribution < -0.4 is 19.5 Å². The summed E-state index contributed by atoms with van der Waals surface area (Å²) in [6, 6.07) is 14.9. The Morgan fingerprint density at radius 1 is 0.960 bits per heavy atom. The van der Waals surface area contributed by atoms with E-state index in [4.69, 9.17) is 14.2 Å². The van der Waals surface area contributed by atoms with Crippen LogP contribution in [0.1, 0.15) is 25.5 Å². The van der Waals surface area contributed by atoms with E-state index in [0.717, 1.165) is 11.3 Å². The number of nitrogens with one attached hydrogen (secondary N) is 1. The number of amides is 1. The first-order valence-corrected chi connectivity index (χ1v) is 8.24. The van der Waals surface area contributed by atoms with Gasteiger partial charge in [0.05, 0.1) is 20.3 Å². The highest BCUT2D eigenvalue weighted by Gasteiger charge is 2.19. The number of hydrogen-bond donors (Lipinski definition) is 1. The summed E-state index contributed by atoms with van der Waals surface area (Å²) < 4.78 is 16.0. The third kappa shape index (κ3) is 5.14. The van der Waals surface area contributed by atoms with Gasteiger partial charge in [-0.2, -0.15) is 0 Å². The van der Waals surface area contributed by atoms with Crippen molar-refractivity contribution in [3.8, 4) is 17.2 Å². The third-order valence-electron chi connectivity index (χ3n) is 3.89. The number of benzene rings is 2. The largest absolute Gasteiger partial charge is 0.497 e. The number of methoxy groups -OCH3 is 2. The first kappa shape index (κ1) is 18.6. The van der Waals surface area contributed by atoms with Crippen molar-refractivity contribution >= 4 is 5.91 Å². The van der Waals surface area contributed by atoms with Crippen molar-refractivity contribution in [2.75, 3.05) is 20.8 Å². The quantitative estimate of drug-likeness (QED) is 0.796. The van der Waals surface area contributed by atoms with Crippen LogP contribution >= 0.6 is 0 Å². The summed E-state index contributed by atoms with van der Waals surface area (Å²) in [5, 5.41) is 3.03. The van der Waals surface area contributed by atoms with Gasteiger partial charge < -0.3 is 19.5 Å². The van der Waals surface area contributed by atoms with Gasteiger partial charge in [-0.15, -0.1) is 0 Å². The van der Waals surface area contributed by atoms with Crippen LogP contribution in [0, 0.1) is 5.92 Å². The fourth-order valence-corrected chi connectivity index (χ4v) is 2.54. The monoisotopic (exact) mass is 343 g/mol. The average Bonchev–Trinajstić information content (AvgIpc) is 2.64. The zero-order valence-electron chi connectivity index (χ0n) is 15.1. The maximum Gasteiger partial charge on any atom is 0.258 e. The first-order valence-electron chi connectivity index (χ1n) is 8.24. The molecule has 134 valence electrons. The van der Waals surface area contributed by atoms with Crippen LogP contribution in [0.15, 0.2) is 48.5 Å². The van der Waals surface area contributed by atoms with Crippen LogP contribution in [0.25, 0.3) is 0 Å². The van der Waals surface area contributed by atoms with Crippen LogP contribution in [0.2, 0.25) is 0 Å². The Bertz CT molecular complexity index is 682. The molecular weight excluding hydrogens is 318 g/mol. The minimum absolute atomic E-state index is 0.0697. The van der Waals surface area contributed by atoms with E-state index in [-0.39, 0.29) is 24.5 Å². The molecule has 0 bridgehead atoms. The Kier molecular flexibility index (Phi) is 6.69. The summed E-state index contributed by atoms with van der Waals surface area (Å²) in [6.07, 6.45) is 0. The molecule has 0 aliphatic carbocycles. The van der Waals surface area contributed by atoms with Crippen molar-refractivity contribution in [1.29, 1.82) is 0 Å². The van der Waals surface area contributed by atoms with E-state index >= 15 is 0 Å². The Hall–Kier alpha value is -2.69. The van der Waals surface area contributed by atoms with Crippen molar-refractivity contribution in [3.05, 3.63) is 54.1 Å². The minimum atomic E-state index is -0.180. The Balaban J connectivity index is 2.00. The van der Waals surface area contributed by atoms with Gasteiger partial charge in [0.25, 0.3) is 5.91 Å². The van der Waals surface area contributed by atoms with Crippen LogP contribution in [0.4, 0.5) is 0 Å². The van der Waals surface area contributed by atoms with Crippen molar-refractivity contribution in [1.82, 2.24) is 5.32 Å². The SMILES string of the molecule is COc1ccc(C(NC(=O)COc2ccccc2OC)C(C)C)cc1. The minimum Gasteiger partial charge on any atom is -0.497 e. The molecule has 0 heterocycles. The smallest absolute Gasteiger partial charge is 0.258 e. The van der Waals surface area contributed by atoms with Gasteiger partial charge in [0.1, 0.15) is 5.75 Å². The van der Waals surface area contributed by atoms with E-state index < -0.39 is 0 Å². The van der Waals surface area contributed by atoms with Gasteiger partial charge in [-0.25, -0.2) is 0 Å². The van der Waals surface area contributed by atoms with Gasteiger partial charge >= 0.3 is 0 Å². The number of rotatable bonds is 8. The fraction of sp³-hybridized carbons (Fsp3) is 0.350. The Morgan fingerprint density at radius 2 is 1.60 bits per heavy atom.